The van der Waals surface area contributed by atoms with Gasteiger partial charge in [-0.05, 0) is 61.1 Å². The van der Waals surface area contributed by atoms with Gasteiger partial charge < -0.3 is 10.1 Å². The Morgan fingerprint density at radius 1 is 1.13 bits per heavy atom. The van der Waals surface area contributed by atoms with Crippen molar-refractivity contribution >= 4 is 33.4 Å². The first kappa shape index (κ1) is 24.0. The molecule has 30 heavy (non-hydrogen) atoms. The molecule has 9 heteroatoms. The van der Waals surface area contributed by atoms with Crippen molar-refractivity contribution in [3.05, 3.63) is 59.9 Å². The van der Waals surface area contributed by atoms with E-state index in [1.165, 1.54) is 12.1 Å². The van der Waals surface area contributed by atoms with Gasteiger partial charge in [-0.1, -0.05) is 12.1 Å². The second-order valence-electron chi connectivity index (χ2n) is 6.58. The Morgan fingerprint density at radius 3 is 2.40 bits per heavy atom. The van der Waals surface area contributed by atoms with Gasteiger partial charge in [-0.25, -0.2) is 12.8 Å². The zero-order valence-corrected chi connectivity index (χ0v) is 18.8. The number of amides is 1. The topological polar surface area (TPSA) is 75.7 Å². The van der Waals surface area contributed by atoms with Crippen LogP contribution < -0.4 is 14.4 Å². The lowest BCUT2D eigenvalue weighted by molar-refractivity contribution is -0.119. The molecule has 1 amide bonds. The number of nitrogens with one attached hydrogen (secondary N) is 1. The first-order chi connectivity index (χ1) is 14.3. The number of ether oxygens (including phenoxy) is 1. The number of hydrogen-bond acceptors (Lipinski definition) is 5. The first-order valence-corrected chi connectivity index (χ1v) is 12.6. The van der Waals surface area contributed by atoms with Gasteiger partial charge in [-0.3, -0.25) is 9.10 Å². The number of benzene rings is 2. The van der Waals surface area contributed by atoms with Crippen molar-refractivity contribution in [2.45, 2.75) is 19.1 Å². The van der Waals surface area contributed by atoms with Gasteiger partial charge in [0.1, 0.15) is 18.1 Å². The van der Waals surface area contributed by atoms with Crippen LogP contribution in [0.25, 0.3) is 0 Å². The monoisotopic (exact) mass is 454 g/mol. The van der Waals surface area contributed by atoms with Crippen molar-refractivity contribution < 1.29 is 22.3 Å². The highest BCUT2D eigenvalue weighted by molar-refractivity contribution is 7.98. The number of carbonyl (C=O) groups excluding carboxylic acids is 1. The fourth-order valence-corrected chi connectivity index (χ4v) is 4.41. The van der Waals surface area contributed by atoms with Crippen molar-refractivity contribution in [1.82, 2.24) is 5.32 Å². The molecule has 0 saturated carbocycles. The lowest BCUT2D eigenvalue weighted by Crippen LogP contribution is -2.40. The molecule has 0 aliphatic heterocycles. The Balaban J connectivity index is 1.76. The lowest BCUT2D eigenvalue weighted by atomic mass is 10.2. The Morgan fingerprint density at radius 2 is 1.80 bits per heavy atom. The minimum absolute atomic E-state index is 0.250. The molecule has 0 atom stereocenters. The molecule has 0 fully saturated rings. The molecule has 2 aromatic rings. The van der Waals surface area contributed by atoms with Gasteiger partial charge in [-0.15, -0.1) is 0 Å². The highest BCUT2D eigenvalue weighted by Crippen LogP contribution is 2.21. The summed E-state index contributed by atoms with van der Waals surface area (Å²) in [6.45, 7) is 2.55. The van der Waals surface area contributed by atoms with E-state index in [1.807, 2.05) is 6.92 Å². The molecule has 0 aliphatic rings. The third-order valence-corrected chi connectivity index (χ3v) is 6.35. The molecule has 2 aromatic carbocycles. The summed E-state index contributed by atoms with van der Waals surface area (Å²) >= 11 is 1.69. The zero-order chi connectivity index (χ0) is 22.0. The highest BCUT2D eigenvalue weighted by Gasteiger charge is 2.20. The maximum atomic E-state index is 12.9. The van der Waals surface area contributed by atoms with Crippen LogP contribution in [0, 0.1) is 5.82 Å². The zero-order valence-electron chi connectivity index (χ0n) is 17.1. The molecular weight excluding hydrogens is 427 g/mol. The number of hydrogen-bond donors (Lipinski definition) is 1. The van der Waals surface area contributed by atoms with E-state index in [-0.39, 0.29) is 18.3 Å². The number of halogens is 1. The molecule has 0 spiro atoms. The Kier molecular flexibility index (Phi) is 9.45. The Bertz CT molecular complexity index is 904. The number of sulfonamides is 1. The molecule has 6 nitrogen and oxygen atoms in total. The molecular formula is C21H27FN2O4S2. The summed E-state index contributed by atoms with van der Waals surface area (Å²) in [5.74, 6) is 1.62. The van der Waals surface area contributed by atoms with Crippen molar-refractivity contribution in [1.29, 1.82) is 0 Å². The van der Waals surface area contributed by atoms with Gasteiger partial charge in [0.05, 0.1) is 18.6 Å². The van der Waals surface area contributed by atoms with Gasteiger partial charge in [0, 0.05) is 12.3 Å². The second kappa shape index (κ2) is 11.8. The summed E-state index contributed by atoms with van der Waals surface area (Å²) in [5.41, 5.74) is 1.45. The summed E-state index contributed by atoms with van der Waals surface area (Å²) in [4.78, 5) is 12.2. The summed E-state index contributed by atoms with van der Waals surface area (Å²) in [5, 5.41) is 2.76. The van der Waals surface area contributed by atoms with Crippen LogP contribution in [0.15, 0.2) is 48.5 Å². The van der Waals surface area contributed by atoms with E-state index in [2.05, 4.69) is 5.32 Å². The molecule has 0 radical (unpaired) electrons. The third kappa shape index (κ3) is 8.23. The summed E-state index contributed by atoms with van der Waals surface area (Å²) in [6, 6.07) is 13.0. The van der Waals surface area contributed by atoms with Crippen molar-refractivity contribution in [2.75, 3.05) is 36.0 Å². The molecule has 0 bridgehead atoms. The maximum absolute atomic E-state index is 12.9. The van der Waals surface area contributed by atoms with E-state index in [0.29, 0.717) is 24.6 Å². The maximum Gasteiger partial charge on any atom is 0.240 e. The van der Waals surface area contributed by atoms with Gasteiger partial charge in [0.2, 0.25) is 15.9 Å². The summed E-state index contributed by atoms with van der Waals surface area (Å²) in [7, 11) is -3.61. The lowest BCUT2D eigenvalue weighted by Gasteiger charge is -2.22. The average molecular weight is 455 g/mol. The number of carbonyl (C=O) groups is 1. The standard InChI is InChI=1S/C21H27FN2O4S2/c1-3-28-20-11-9-19(10-12-20)24(30(2,26)27)15-21(25)23-13-4-14-29-16-17-5-7-18(22)8-6-17/h5-12H,3-4,13-16H2,1-2H3,(H,23,25). The van der Waals surface area contributed by atoms with Gasteiger partial charge in [0.25, 0.3) is 0 Å². The van der Waals surface area contributed by atoms with Gasteiger partial charge in [0.15, 0.2) is 0 Å². The largest absolute Gasteiger partial charge is 0.494 e. The second-order valence-corrected chi connectivity index (χ2v) is 9.59. The van der Waals surface area contributed by atoms with Gasteiger partial charge >= 0.3 is 0 Å². The molecule has 0 aromatic heterocycles. The van der Waals surface area contributed by atoms with Crippen LogP contribution in [-0.4, -0.2) is 46.0 Å². The number of anilines is 1. The minimum Gasteiger partial charge on any atom is -0.494 e. The fourth-order valence-electron chi connectivity index (χ4n) is 2.63. The fraction of sp³-hybridized carbons (Fsp3) is 0.381. The molecule has 0 saturated heterocycles. The predicted octanol–water partition coefficient (Wildman–Crippen LogP) is 3.43. The number of nitrogens with zero attached hydrogens (tertiary/aromatic N) is 1. The third-order valence-electron chi connectivity index (χ3n) is 4.09. The Hall–Kier alpha value is -2.26. The molecule has 164 valence electrons. The van der Waals surface area contributed by atoms with E-state index in [4.69, 9.17) is 4.74 Å². The molecule has 0 aliphatic carbocycles. The highest BCUT2D eigenvalue weighted by atomic mass is 32.2. The van der Waals surface area contributed by atoms with Gasteiger partial charge in [-0.2, -0.15) is 11.8 Å². The van der Waals surface area contributed by atoms with Crippen molar-refractivity contribution in [2.24, 2.45) is 0 Å². The van der Waals surface area contributed by atoms with E-state index in [1.54, 1.807) is 48.2 Å². The molecule has 2 rings (SSSR count). The first-order valence-electron chi connectivity index (χ1n) is 9.59. The van der Waals surface area contributed by atoms with Crippen LogP contribution in [0.2, 0.25) is 0 Å². The van der Waals surface area contributed by atoms with E-state index < -0.39 is 10.0 Å². The average Bonchev–Trinajstić information content (AvgIpc) is 2.70. The Labute approximate surface area is 181 Å². The smallest absolute Gasteiger partial charge is 0.240 e. The van der Waals surface area contributed by atoms with E-state index in [9.17, 15) is 17.6 Å². The number of thioether (sulfide) groups is 1. The molecule has 0 heterocycles. The molecule has 1 N–H and O–H groups in total. The van der Waals surface area contributed by atoms with Crippen LogP contribution in [0.5, 0.6) is 5.75 Å². The van der Waals surface area contributed by atoms with Crippen LogP contribution in [0.3, 0.4) is 0 Å². The predicted molar refractivity (Wildman–Crippen MR) is 120 cm³/mol. The quantitative estimate of drug-likeness (QED) is 0.498. The van der Waals surface area contributed by atoms with Crippen LogP contribution in [-0.2, 0) is 20.6 Å². The van der Waals surface area contributed by atoms with Crippen molar-refractivity contribution in [3.8, 4) is 5.75 Å². The van der Waals surface area contributed by atoms with E-state index >= 15 is 0 Å². The molecule has 0 unspecified atom stereocenters. The van der Waals surface area contributed by atoms with Crippen LogP contribution in [0.1, 0.15) is 18.9 Å². The van der Waals surface area contributed by atoms with Crippen LogP contribution >= 0.6 is 11.8 Å². The van der Waals surface area contributed by atoms with E-state index in [0.717, 1.165) is 34.1 Å². The van der Waals surface area contributed by atoms with Crippen molar-refractivity contribution in [3.63, 3.8) is 0 Å². The minimum atomic E-state index is -3.61. The summed E-state index contributed by atoms with van der Waals surface area (Å²) in [6.07, 6.45) is 1.82. The summed E-state index contributed by atoms with van der Waals surface area (Å²) < 4.78 is 43.6. The number of rotatable bonds is 12. The SMILES string of the molecule is CCOc1ccc(N(CC(=O)NCCCSCc2ccc(F)cc2)S(C)(=O)=O)cc1. The normalized spacial score (nSPS) is 11.2. The van der Waals surface area contributed by atoms with Crippen LogP contribution in [0.4, 0.5) is 10.1 Å².